The van der Waals surface area contributed by atoms with Crippen LogP contribution in [0.1, 0.15) is 35.5 Å². The number of rotatable bonds is 4. The molecule has 0 saturated carbocycles. The smallest absolute Gasteiger partial charge is 0.267 e. The molecule has 0 saturated heterocycles. The highest BCUT2D eigenvalue weighted by Crippen LogP contribution is 2.35. The summed E-state index contributed by atoms with van der Waals surface area (Å²) >= 11 is 1.36. The normalized spacial score (nSPS) is 12.3. The molecule has 3 nitrogen and oxygen atoms in total. The van der Waals surface area contributed by atoms with Gasteiger partial charge in [0, 0.05) is 18.3 Å². The molecule has 0 atom stereocenters. The third kappa shape index (κ3) is 3.67. The number of nitrogens with zero attached hydrogens (tertiary/aromatic N) is 2. The van der Waals surface area contributed by atoms with E-state index in [1.54, 1.807) is 19.2 Å². The molecule has 138 valence electrons. The number of hydrogen-bond donors (Lipinski definition) is 0. The van der Waals surface area contributed by atoms with Gasteiger partial charge in [0.15, 0.2) is 0 Å². The molecule has 0 spiro atoms. The molecular formula is C19H19F3N2OS. The van der Waals surface area contributed by atoms with Gasteiger partial charge in [-0.05, 0) is 30.0 Å². The van der Waals surface area contributed by atoms with Crippen LogP contribution in [0.5, 0.6) is 0 Å². The van der Waals surface area contributed by atoms with Crippen molar-refractivity contribution >= 4 is 21.4 Å². The van der Waals surface area contributed by atoms with Gasteiger partial charge in [-0.25, -0.2) is 4.68 Å². The van der Waals surface area contributed by atoms with E-state index in [0.717, 1.165) is 21.3 Å². The van der Waals surface area contributed by atoms with E-state index in [9.17, 15) is 18.0 Å². The van der Waals surface area contributed by atoms with Crippen LogP contribution >= 0.6 is 11.3 Å². The molecule has 0 N–H and O–H groups in total. The molecule has 0 aliphatic carbocycles. The third-order valence-electron chi connectivity index (χ3n) is 4.13. The highest BCUT2D eigenvalue weighted by atomic mass is 32.1. The zero-order chi connectivity index (χ0) is 19.1. The maximum absolute atomic E-state index is 13.2. The van der Waals surface area contributed by atoms with Crippen LogP contribution in [0.2, 0.25) is 0 Å². The topological polar surface area (TPSA) is 34.9 Å². The molecule has 0 aliphatic rings. The SMILES string of the molecule is CC(C)Cc1nn(C)c(=O)c2cc(Cc3ccccc3C(F)(F)F)sc12. The van der Waals surface area contributed by atoms with Gasteiger partial charge in [0.25, 0.3) is 5.56 Å². The van der Waals surface area contributed by atoms with Crippen molar-refractivity contribution < 1.29 is 13.2 Å². The number of aryl methyl sites for hydroxylation is 1. The number of alkyl halides is 3. The number of benzene rings is 1. The summed E-state index contributed by atoms with van der Waals surface area (Å²) in [5, 5.41) is 4.88. The first-order valence-corrected chi connectivity index (χ1v) is 9.12. The minimum absolute atomic E-state index is 0.138. The molecule has 26 heavy (non-hydrogen) atoms. The summed E-state index contributed by atoms with van der Waals surface area (Å²) in [6, 6.07) is 7.27. The van der Waals surface area contributed by atoms with Gasteiger partial charge < -0.3 is 0 Å². The molecule has 3 aromatic rings. The summed E-state index contributed by atoms with van der Waals surface area (Å²) in [5.74, 6) is 0.361. The Hall–Kier alpha value is -2.15. The molecule has 0 amide bonds. The Balaban J connectivity index is 2.09. The second-order valence-corrected chi connectivity index (χ2v) is 7.90. The van der Waals surface area contributed by atoms with Gasteiger partial charge in [-0.3, -0.25) is 4.79 Å². The predicted octanol–water partition coefficient (Wildman–Crippen LogP) is 4.80. The fraction of sp³-hybridized carbons (Fsp3) is 0.368. The Morgan fingerprint density at radius 1 is 1.23 bits per heavy atom. The van der Waals surface area contributed by atoms with Gasteiger partial charge in [-0.1, -0.05) is 32.0 Å². The van der Waals surface area contributed by atoms with Crippen LogP contribution in [0.15, 0.2) is 35.1 Å². The van der Waals surface area contributed by atoms with E-state index < -0.39 is 11.7 Å². The van der Waals surface area contributed by atoms with Gasteiger partial charge in [-0.2, -0.15) is 18.3 Å². The Morgan fingerprint density at radius 2 is 1.92 bits per heavy atom. The van der Waals surface area contributed by atoms with Crippen molar-refractivity contribution in [1.82, 2.24) is 9.78 Å². The Morgan fingerprint density at radius 3 is 2.58 bits per heavy atom. The van der Waals surface area contributed by atoms with Crippen molar-refractivity contribution in [3.8, 4) is 0 Å². The monoisotopic (exact) mass is 380 g/mol. The minimum atomic E-state index is -4.40. The van der Waals surface area contributed by atoms with E-state index in [-0.39, 0.29) is 17.5 Å². The fourth-order valence-corrected chi connectivity index (χ4v) is 4.17. The molecular weight excluding hydrogens is 361 g/mol. The van der Waals surface area contributed by atoms with E-state index >= 15 is 0 Å². The Kier molecular flexibility index (Phi) is 4.92. The van der Waals surface area contributed by atoms with Crippen molar-refractivity contribution in [2.75, 3.05) is 0 Å². The second kappa shape index (κ2) is 6.87. The molecule has 0 fully saturated rings. The van der Waals surface area contributed by atoms with Crippen LogP contribution < -0.4 is 5.56 Å². The van der Waals surface area contributed by atoms with Gasteiger partial charge in [0.05, 0.1) is 21.3 Å². The summed E-state index contributed by atoms with van der Waals surface area (Å²) in [7, 11) is 1.60. The van der Waals surface area contributed by atoms with Crippen LogP contribution in [0.4, 0.5) is 13.2 Å². The molecule has 0 bridgehead atoms. The van der Waals surface area contributed by atoms with Crippen molar-refractivity contribution in [2.24, 2.45) is 13.0 Å². The molecule has 1 aromatic carbocycles. The van der Waals surface area contributed by atoms with Crippen molar-refractivity contribution in [1.29, 1.82) is 0 Å². The zero-order valence-corrected chi connectivity index (χ0v) is 15.5. The molecule has 2 aromatic heterocycles. The molecule has 2 heterocycles. The summed E-state index contributed by atoms with van der Waals surface area (Å²) < 4.78 is 41.7. The average Bonchev–Trinajstić information content (AvgIpc) is 2.96. The number of halogens is 3. The lowest BCUT2D eigenvalue weighted by atomic mass is 10.0. The zero-order valence-electron chi connectivity index (χ0n) is 14.7. The highest BCUT2D eigenvalue weighted by Gasteiger charge is 2.33. The number of thiophene rings is 1. The number of aromatic nitrogens is 2. The lowest BCUT2D eigenvalue weighted by Gasteiger charge is -2.11. The first-order chi connectivity index (χ1) is 12.2. The Labute approximate surface area is 153 Å². The number of hydrogen-bond acceptors (Lipinski definition) is 3. The van der Waals surface area contributed by atoms with Gasteiger partial charge in [-0.15, -0.1) is 11.3 Å². The largest absolute Gasteiger partial charge is 0.416 e. The van der Waals surface area contributed by atoms with Gasteiger partial charge in [0.1, 0.15) is 0 Å². The standard InChI is InChI=1S/C19H19F3N2OS/c1-11(2)8-16-17-14(18(25)24(3)23-16)10-13(26-17)9-12-6-4-5-7-15(12)19(20,21)22/h4-7,10-11H,8-9H2,1-3H3. The second-order valence-electron chi connectivity index (χ2n) is 6.76. The van der Waals surface area contributed by atoms with Gasteiger partial charge >= 0.3 is 6.18 Å². The third-order valence-corrected chi connectivity index (χ3v) is 5.31. The van der Waals surface area contributed by atoms with Crippen LogP contribution in [0, 0.1) is 5.92 Å². The number of fused-ring (bicyclic) bond motifs is 1. The van der Waals surface area contributed by atoms with Crippen molar-refractivity contribution in [3.63, 3.8) is 0 Å². The minimum Gasteiger partial charge on any atom is -0.267 e. The van der Waals surface area contributed by atoms with E-state index in [1.807, 2.05) is 0 Å². The molecule has 0 radical (unpaired) electrons. The predicted molar refractivity (Wildman–Crippen MR) is 97.7 cm³/mol. The molecule has 0 unspecified atom stereocenters. The summed E-state index contributed by atoms with van der Waals surface area (Å²) in [6.07, 6.45) is -3.54. The summed E-state index contributed by atoms with van der Waals surface area (Å²) in [6.45, 7) is 4.12. The quantitative estimate of drug-likeness (QED) is 0.651. The molecule has 7 heteroatoms. The van der Waals surface area contributed by atoms with Crippen molar-refractivity contribution in [2.45, 2.75) is 32.9 Å². The van der Waals surface area contributed by atoms with E-state index in [4.69, 9.17) is 0 Å². The van der Waals surface area contributed by atoms with Crippen LogP contribution in [0.3, 0.4) is 0 Å². The molecule has 0 aliphatic heterocycles. The van der Waals surface area contributed by atoms with Crippen molar-refractivity contribution in [3.05, 3.63) is 62.4 Å². The Bertz CT molecular complexity index is 1000. The lowest BCUT2D eigenvalue weighted by molar-refractivity contribution is -0.138. The lowest BCUT2D eigenvalue weighted by Crippen LogP contribution is -2.21. The molecule has 3 rings (SSSR count). The van der Waals surface area contributed by atoms with Crippen LogP contribution in [-0.4, -0.2) is 9.78 Å². The first kappa shape index (κ1) is 18.6. The van der Waals surface area contributed by atoms with Crippen LogP contribution in [-0.2, 0) is 26.1 Å². The van der Waals surface area contributed by atoms with E-state index in [0.29, 0.717) is 17.7 Å². The maximum atomic E-state index is 13.2. The van der Waals surface area contributed by atoms with Gasteiger partial charge in [0.2, 0.25) is 0 Å². The van der Waals surface area contributed by atoms with E-state index in [2.05, 4.69) is 18.9 Å². The van der Waals surface area contributed by atoms with E-state index in [1.165, 1.54) is 28.2 Å². The summed E-state index contributed by atoms with van der Waals surface area (Å²) in [5.41, 5.74) is 0.171. The summed E-state index contributed by atoms with van der Waals surface area (Å²) in [4.78, 5) is 13.1. The maximum Gasteiger partial charge on any atom is 0.416 e. The van der Waals surface area contributed by atoms with Crippen LogP contribution in [0.25, 0.3) is 10.1 Å². The first-order valence-electron chi connectivity index (χ1n) is 8.30. The fourth-order valence-electron chi connectivity index (χ4n) is 3.01. The average molecular weight is 380 g/mol. The highest BCUT2D eigenvalue weighted by molar-refractivity contribution is 7.19.